The Labute approximate surface area is 115 Å². The Balaban J connectivity index is 2.29. The third-order valence-electron chi connectivity index (χ3n) is 2.79. The zero-order chi connectivity index (χ0) is 14.5. The number of hydrogen-bond donors (Lipinski definition) is 1. The lowest BCUT2D eigenvalue weighted by atomic mass is 10.1. The minimum Gasteiger partial charge on any atom is -0.493 e. The molecule has 0 fully saturated rings. The number of para-hydroxylation sites is 1. The summed E-state index contributed by atoms with van der Waals surface area (Å²) in [6, 6.07) is 11.1. The molecule has 5 heteroatoms. The predicted molar refractivity (Wildman–Crippen MR) is 72.2 cm³/mol. The van der Waals surface area contributed by atoms with Crippen molar-refractivity contribution in [2.75, 3.05) is 7.11 Å². The topological polar surface area (TPSA) is 61.5 Å². The van der Waals surface area contributed by atoms with E-state index in [1.807, 2.05) is 0 Å². The zero-order valence-corrected chi connectivity index (χ0v) is 10.9. The third-order valence-corrected chi connectivity index (χ3v) is 2.79. The van der Waals surface area contributed by atoms with E-state index < -0.39 is 5.91 Å². The minimum atomic E-state index is -0.632. The molecule has 0 saturated heterocycles. The molecule has 2 N–H and O–H groups in total. The molecule has 0 heterocycles. The summed E-state index contributed by atoms with van der Waals surface area (Å²) in [5.41, 5.74) is 5.87. The molecular formula is C15H14FNO3. The number of benzene rings is 2. The Hall–Kier alpha value is -2.56. The van der Waals surface area contributed by atoms with Gasteiger partial charge in [0.25, 0.3) is 5.91 Å². The van der Waals surface area contributed by atoms with Crippen molar-refractivity contribution in [1.82, 2.24) is 0 Å². The molecule has 1 amide bonds. The molecule has 0 aliphatic heterocycles. The van der Waals surface area contributed by atoms with Gasteiger partial charge >= 0.3 is 0 Å². The monoisotopic (exact) mass is 275 g/mol. The zero-order valence-electron chi connectivity index (χ0n) is 10.9. The molecule has 2 aromatic rings. The first kappa shape index (κ1) is 13.9. The van der Waals surface area contributed by atoms with E-state index in [9.17, 15) is 9.18 Å². The number of rotatable bonds is 5. The van der Waals surface area contributed by atoms with E-state index in [2.05, 4.69) is 0 Å². The van der Waals surface area contributed by atoms with Crippen molar-refractivity contribution in [3.8, 4) is 11.5 Å². The Morgan fingerprint density at radius 2 is 1.95 bits per heavy atom. The predicted octanol–water partition coefficient (Wildman–Crippen LogP) is 2.51. The van der Waals surface area contributed by atoms with Gasteiger partial charge in [-0.25, -0.2) is 4.39 Å². The molecule has 0 unspecified atom stereocenters. The van der Waals surface area contributed by atoms with Crippen LogP contribution in [0.4, 0.5) is 4.39 Å². The molecule has 104 valence electrons. The van der Waals surface area contributed by atoms with Crippen LogP contribution < -0.4 is 15.2 Å². The first-order valence-electron chi connectivity index (χ1n) is 5.96. The summed E-state index contributed by atoms with van der Waals surface area (Å²) in [5.74, 6) is -0.418. The van der Waals surface area contributed by atoms with Crippen LogP contribution in [0.15, 0.2) is 42.5 Å². The molecule has 0 atom stereocenters. The summed E-state index contributed by atoms with van der Waals surface area (Å²) in [5, 5.41) is 0. The fraction of sp³-hybridized carbons (Fsp3) is 0.133. The van der Waals surface area contributed by atoms with Crippen molar-refractivity contribution >= 4 is 5.91 Å². The van der Waals surface area contributed by atoms with E-state index in [0.717, 1.165) is 0 Å². The van der Waals surface area contributed by atoms with Crippen molar-refractivity contribution in [3.05, 3.63) is 59.4 Å². The van der Waals surface area contributed by atoms with Crippen LogP contribution in [-0.4, -0.2) is 13.0 Å². The van der Waals surface area contributed by atoms with Gasteiger partial charge in [0, 0.05) is 5.56 Å². The van der Waals surface area contributed by atoms with Crippen molar-refractivity contribution in [3.63, 3.8) is 0 Å². The maximum atomic E-state index is 13.5. The normalized spacial score (nSPS) is 10.1. The van der Waals surface area contributed by atoms with Crippen molar-refractivity contribution in [1.29, 1.82) is 0 Å². The van der Waals surface area contributed by atoms with Gasteiger partial charge in [0.2, 0.25) is 0 Å². The number of halogens is 1. The van der Waals surface area contributed by atoms with Gasteiger partial charge in [-0.3, -0.25) is 4.79 Å². The highest BCUT2D eigenvalue weighted by Gasteiger charge is 2.15. The molecule has 2 aromatic carbocycles. The number of carbonyl (C=O) groups excluding carboxylic acids is 1. The van der Waals surface area contributed by atoms with Crippen LogP contribution in [0.1, 0.15) is 15.9 Å². The average Bonchev–Trinajstić information content (AvgIpc) is 2.46. The van der Waals surface area contributed by atoms with Crippen LogP contribution in [0.3, 0.4) is 0 Å². The van der Waals surface area contributed by atoms with Crippen LogP contribution in [0, 0.1) is 5.82 Å². The molecule has 2 rings (SSSR count). The van der Waals surface area contributed by atoms with Gasteiger partial charge in [-0.2, -0.15) is 0 Å². The van der Waals surface area contributed by atoms with Gasteiger partial charge in [-0.15, -0.1) is 0 Å². The molecule has 4 nitrogen and oxygen atoms in total. The molecule has 0 aromatic heterocycles. The van der Waals surface area contributed by atoms with Crippen molar-refractivity contribution in [2.45, 2.75) is 6.61 Å². The number of primary amides is 1. The Morgan fingerprint density at radius 3 is 2.60 bits per heavy atom. The van der Waals surface area contributed by atoms with E-state index in [-0.39, 0.29) is 23.7 Å². The number of nitrogens with two attached hydrogens (primary N) is 1. The third kappa shape index (κ3) is 2.88. The number of ether oxygens (including phenoxy) is 2. The highest BCUT2D eigenvalue weighted by molar-refractivity contribution is 5.96. The minimum absolute atomic E-state index is 0.0205. The summed E-state index contributed by atoms with van der Waals surface area (Å²) < 4.78 is 24.2. The molecular weight excluding hydrogens is 261 g/mol. The molecule has 0 radical (unpaired) electrons. The summed E-state index contributed by atoms with van der Waals surface area (Å²) in [6.45, 7) is -0.0205. The Morgan fingerprint density at radius 1 is 1.20 bits per heavy atom. The Bertz CT molecular complexity index is 628. The second kappa shape index (κ2) is 6.06. The highest BCUT2D eigenvalue weighted by Crippen LogP contribution is 2.31. The summed E-state index contributed by atoms with van der Waals surface area (Å²) in [6.07, 6.45) is 0. The molecule has 20 heavy (non-hydrogen) atoms. The van der Waals surface area contributed by atoms with E-state index in [1.54, 1.807) is 30.3 Å². The average molecular weight is 275 g/mol. The van der Waals surface area contributed by atoms with Crippen LogP contribution in [0.2, 0.25) is 0 Å². The lowest BCUT2D eigenvalue weighted by Crippen LogP contribution is -2.13. The van der Waals surface area contributed by atoms with E-state index in [4.69, 9.17) is 15.2 Å². The fourth-order valence-electron chi connectivity index (χ4n) is 1.78. The summed E-state index contributed by atoms with van der Waals surface area (Å²) in [4.78, 5) is 11.4. The molecule has 0 spiro atoms. The summed E-state index contributed by atoms with van der Waals surface area (Å²) in [7, 11) is 1.45. The highest BCUT2D eigenvalue weighted by atomic mass is 19.1. The molecule has 0 aliphatic carbocycles. The van der Waals surface area contributed by atoms with Gasteiger partial charge in [0.05, 0.1) is 12.7 Å². The van der Waals surface area contributed by atoms with Gasteiger partial charge in [0.15, 0.2) is 11.5 Å². The van der Waals surface area contributed by atoms with E-state index in [0.29, 0.717) is 11.3 Å². The van der Waals surface area contributed by atoms with Crippen LogP contribution in [0.25, 0.3) is 0 Å². The fourth-order valence-corrected chi connectivity index (χ4v) is 1.78. The quantitative estimate of drug-likeness (QED) is 0.912. The molecule has 0 aliphatic rings. The maximum Gasteiger partial charge on any atom is 0.252 e. The smallest absolute Gasteiger partial charge is 0.252 e. The lowest BCUT2D eigenvalue weighted by molar-refractivity contribution is 0.0995. The lowest BCUT2D eigenvalue weighted by Gasteiger charge is -2.13. The van der Waals surface area contributed by atoms with Gasteiger partial charge in [-0.05, 0) is 18.2 Å². The number of amides is 1. The second-order valence-electron chi connectivity index (χ2n) is 4.08. The van der Waals surface area contributed by atoms with E-state index >= 15 is 0 Å². The van der Waals surface area contributed by atoms with Crippen LogP contribution in [-0.2, 0) is 6.61 Å². The van der Waals surface area contributed by atoms with Crippen molar-refractivity contribution in [2.24, 2.45) is 5.73 Å². The first-order valence-corrected chi connectivity index (χ1v) is 5.96. The SMILES string of the molecule is COc1cccc(C(N)=O)c1OCc1ccccc1F. The maximum absolute atomic E-state index is 13.5. The van der Waals surface area contributed by atoms with Gasteiger partial charge in [0.1, 0.15) is 12.4 Å². The van der Waals surface area contributed by atoms with Gasteiger partial charge < -0.3 is 15.2 Å². The second-order valence-corrected chi connectivity index (χ2v) is 4.08. The number of methoxy groups -OCH3 is 1. The van der Waals surface area contributed by atoms with E-state index in [1.165, 1.54) is 19.2 Å². The van der Waals surface area contributed by atoms with Crippen LogP contribution in [0.5, 0.6) is 11.5 Å². The number of hydrogen-bond acceptors (Lipinski definition) is 3. The van der Waals surface area contributed by atoms with Crippen LogP contribution >= 0.6 is 0 Å². The van der Waals surface area contributed by atoms with Crippen molar-refractivity contribution < 1.29 is 18.7 Å². The summed E-state index contributed by atoms with van der Waals surface area (Å²) >= 11 is 0. The Kier molecular flexibility index (Phi) is 4.20. The standard InChI is InChI=1S/C15H14FNO3/c1-19-13-8-4-6-11(15(17)18)14(13)20-9-10-5-2-3-7-12(10)16/h2-8H,9H2,1H3,(H2,17,18). The molecule has 0 saturated carbocycles. The van der Waals surface area contributed by atoms with Gasteiger partial charge in [-0.1, -0.05) is 24.3 Å². The largest absolute Gasteiger partial charge is 0.493 e. The number of carbonyl (C=O) groups is 1. The first-order chi connectivity index (χ1) is 9.63. The molecule has 0 bridgehead atoms.